The highest BCUT2D eigenvalue weighted by Gasteiger charge is 2.18. The van der Waals surface area contributed by atoms with Crippen molar-refractivity contribution in [2.75, 3.05) is 0 Å². The number of nitrogens with zero attached hydrogens (tertiary/aromatic N) is 3. The van der Waals surface area contributed by atoms with Gasteiger partial charge in [-0.15, -0.1) is 0 Å². The second-order valence-electron chi connectivity index (χ2n) is 15.5. The normalized spacial score (nSPS) is 12.1. The van der Waals surface area contributed by atoms with E-state index in [1.165, 1.54) is 91.7 Å². The van der Waals surface area contributed by atoms with Gasteiger partial charge in [0.15, 0.2) is 0 Å². The number of para-hydroxylation sites is 5. The number of hydrogen-bond acceptors (Lipinski definition) is 1. The van der Waals surface area contributed by atoms with Crippen molar-refractivity contribution in [2.45, 2.75) is 9.79 Å². The largest absolute Gasteiger partial charge is 0.355 e. The molecule has 9 aromatic carbocycles. The average molecular weight is 771 g/mol. The predicted octanol–water partition coefficient (Wildman–Crippen LogP) is 14.8. The minimum absolute atomic E-state index is 1.16. The second kappa shape index (κ2) is 12.5. The number of aromatic amines is 1. The van der Waals surface area contributed by atoms with Crippen LogP contribution in [-0.4, -0.2) is 18.7 Å². The molecule has 0 spiro atoms. The molecule has 4 heterocycles. The third kappa shape index (κ3) is 4.86. The van der Waals surface area contributed by atoms with Crippen LogP contribution in [0.5, 0.6) is 0 Å². The highest BCUT2D eigenvalue weighted by Crippen LogP contribution is 2.41. The first kappa shape index (κ1) is 32.6. The van der Waals surface area contributed by atoms with Crippen molar-refractivity contribution < 1.29 is 0 Å². The van der Waals surface area contributed by atoms with E-state index in [1.54, 1.807) is 0 Å². The molecular formula is C54H34N4S. The fourth-order valence-electron chi connectivity index (χ4n) is 9.65. The number of rotatable bonds is 5. The maximum Gasteiger partial charge on any atom is 0.0542 e. The van der Waals surface area contributed by atoms with Crippen LogP contribution in [0.15, 0.2) is 210 Å². The molecule has 13 rings (SSSR count). The van der Waals surface area contributed by atoms with Crippen LogP contribution in [0.4, 0.5) is 0 Å². The van der Waals surface area contributed by atoms with E-state index in [0.29, 0.717) is 0 Å². The fourth-order valence-corrected chi connectivity index (χ4v) is 10.6. The first-order valence-electron chi connectivity index (χ1n) is 20.1. The summed E-state index contributed by atoms with van der Waals surface area (Å²) in [5.74, 6) is 0. The molecule has 0 aliphatic heterocycles. The SMILES string of the molecule is c1ccc(-n2c3ccccc3c3cc(-n4c5ccccc5c5cc(Sc6ccc7c(c6)c6ccccc6n7-c6ccc7[nH]c8ccccc8c7c6)ccc54)ccc32)cc1. The fraction of sp³-hybridized carbons (Fsp3) is 0. The van der Waals surface area contributed by atoms with Gasteiger partial charge < -0.3 is 18.7 Å². The first-order chi connectivity index (χ1) is 29.2. The van der Waals surface area contributed by atoms with Gasteiger partial charge in [0.25, 0.3) is 0 Å². The smallest absolute Gasteiger partial charge is 0.0542 e. The van der Waals surface area contributed by atoms with E-state index in [9.17, 15) is 0 Å². The Morgan fingerprint density at radius 1 is 0.271 bits per heavy atom. The molecule has 0 atom stereocenters. The molecule has 0 bridgehead atoms. The molecule has 0 amide bonds. The summed E-state index contributed by atoms with van der Waals surface area (Å²) < 4.78 is 7.22. The highest BCUT2D eigenvalue weighted by atomic mass is 32.2. The lowest BCUT2D eigenvalue weighted by molar-refractivity contribution is 1.16. The van der Waals surface area contributed by atoms with Crippen LogP contribution in [-0.2, 0) is 0 Å². The van der Waals surface area contributed by atoms with Gasteiger partial charge in [-0.05, 0) is 109 Å². The number of fused-ring (bicyclic) bond motifs is 12. The summed E-state index contributed by atoms with van der Waals surface area (Å²) in [6, 6.07) is 73.2. The van der Waals surface area contributed by atoms with E-state index < -0.39 is 0 Å². The summed E-state index contributed by atoms with van der Waals surface area (Å²) in [4.78, 5) is 6.03. The third-order valence-electron chi connectivity index (χ3n) is 12.2. The maximum atomic E-state index is 3.59. The molecule has 0 radical (unpaired) electrons. The topological polar surface area (TPSA) is 30.6 Å². The minimum atomic E-state index is 1.16. The molecule has 0 fully saturated rings. The standard InChI is InChI=1S/C54H34N4S/c1-2-12-34(13-3-1)56-49-19-9-5-15-40(49)44-31-36(23-27-52(44)56)58-51-21-11-7-17-42(51)46-33-38(25-29-54(46)58)59-37-24-28-53-45(32-37)41-16-6-10-20-50(41)57(53)35-22-26-48-43(30-35)39-14-4-8-18-47(39)55-48/h1-33,55H. The molecule has 5 heteroatoms. The lowest BCUT2D eigenvalue weighted by Crippen LogP contribution is -1.95. The van der Waals surface area contributed by atoms with Gasteiger partial charge in [-0.25, -0.2) is 0 Å². The van der Waals surface area contributed by atoms with Crippen LogP contribution in [0.1, 0.15) is 0 Å². The molecule has 0 aliphatic carbocycles. The van der Waals surface area contributed by atoms with Crippen LogP contribution in [0.25, 0.3) is 104 Å². The highest BCUT2D eigenvalue weighted by molar-refractivity contribution is 7.99. The lowest BCUT2D eigenvalue weighted by atomic mass is 10.1. The van der Waals surface area contributed by atoms with Gasteiger partial charge in [-0.1, -0.05) is 103 Å². The van der Waals surface area contributed by atoms with E-state index in [0.717, 1.165) is 22.4 Å². The van der Waals surface area contributed by atoms with Crippen LogP contribution in [0.3, 0.4) is 0 Å². The molecule has 13 aromatic rings. The molecule has 0 saturated heterocycles. The quantitative estimate of drug-likeness (QED) is 0.186. The maximum absolute atomic E-state index is 3.59. The average Bonchev–Trinajstić information content (AvgIpc) is 4.02. The number of benzene rings is 9. The molecule has 4 aromatic heterocycles. The summed E-state index contributed by atoms with van der Waals surface area (Å²) in [5.41, 5.74) is 13.0. The molecular weight excluding hydrogens is 737 g/mol. The molecule has 59 heavy (non-hydrogen) atoms. The van der Waals surface area contributed by atoms with Gasteiger partial charge in [-0.2, -0.15) is 0 Å². The summed E-state index contributed by atoms with van der Waals surface area (Å²) in [5, 5.41) is 10.0. The number of hydrogen-bond donors (Lipinski definition) is 1. The Morgan fingerprint density at radius 2 is 0.678 bits per heavy atom. The van der Waals surface area contributed by atoms with E-state index in [2.05, 4.69) is 219 Å². The van der Waals surface area contributed by atoms with Gasteiger partial charge in [0.05, 0.1) is 33.1 Å². The van der Waals surface area contributed by atoms with Gasteiger partial charge in [0.1, 0.15) is 0 Å². The predicted molar refractivity (Wildman–Crippen MR) is 249 cm³/mol. The van der Waals surface area contributed by atoms with Gasteiger partial charge >= 0.3 is 0 Å². The zero-order chi connectivity index (χ0) is 38.6. The van der Waals surface area contributed by atoms with Gasteiger partial charge in [0, 0.05) is 81.0 Å². The number of nitrogens with one attached hydrogen (secondary N) is 1. The Morgan fingerprint density at radius 3 is 1.27 bits per heavy atom. The minimum Gasteiger partial charge on any atom is -0.355 e. The van der Waals surface area contributed by atoms with Crippen LogP contribution >= 0.6 is 11.8 Å². The molecule has 0 saturated carbocycles. The van der Waals surface area contributed by atoms with E-state index in [-0.39, 0.29) is 0 Å². The van der Waals surface area contributed by atoms with Crippen LogP contribution < -0.4 is 0 Å². The van der Waals surface area contributed by atoms with E-state index in [1.807, 2.05) is 11.8 Å². The zero-order valence-corrected chi connectivity index (χ0v) is 32.6. The van der Waals surface area contributed by atoms with Crippen molar-refractivity contribution >= 4 is 99.0 Å². The second-order valence-corrected chi connectivity index (χ2v) is 16.6. The van der Waals surface area contributed by atoms with Crippen molar-refractivity contribution in [2.24, 2.45) is 0 Å². The molecule has 4 nitrogen and oxygen atoms in total. The van der Waals surface area contributed by atoms with E-state index >= 15 is 0 Å². The van der Waals surface area contributed by atoms with Gasteiger partial charge in [-0.3, -0.25) is 0 Å². The summed E-state index contributed by atoms with van der Waals surface area (Å²) in [6.07, 6.45) is 0. The molecule has 0 aliphatic rings. The zero-order valence-electron chi connectivity index (χ0n) is 31.8. The molecule has 1 N–H and O–H groups in total. The van der Waals surface area contributed by atoms with Crippen molar-refractivity contribution in [1.29, 1.82) is 0 Å². The van der Waals surface area contributed by atoms with Crippen molar-refractivity contribution in [3.8, 4) is 17.1 Å². The lowest BCUT2D eigenvalue weighted by Gasteiger charge is -2.10. The Balaban J connectivity index is 0.918. The number of aromatic nitrogens is 4. The summed E-state index contributed by atoms with van der Waals surface area (Å²) >= 11 is 1.83. The molecule has 276 valence electrons. The Hall–Kier alpha value is -7.47. The third-order valence-corrected chi connectivity index (χ3v) is 13.2. The van der Waals surface area contributed by atoms with Gasteiger partial charge in [0.2, 0.25) is 0 Å². The first-order valence-corrected chi connectivity index (χ1v) is 20.9. The molecule has 0 unspecified atom stereocenters. The van der Waals surface area contributed by atoms with Crippen LogP contribution in [0, 0.1) is 0 Å². The summed E-state index contributed by atoms with van der Waals surface area (Å²) in [7, 11) is 0. The van der Waals surface area contributed by atoms with Crippen LogP contribution in [0.2, 0.25) is 0 Å². The summed E-state index contributed by atoms with van der Waals surface area (Å²) in [6.45, 7) is 0. The van der Waals surface area contributed by atoms with Crippen molar-refractivity contribution in [1.82, 2.24) is 18.7 Å². The van der Waals surface area contributed by atoms with Crippen molar-refractivity contribution in [3.63, 3.8) is 0 Å². The van der Waals surface area contributed by atoms with Crippen molar-refractivity contribution in [3.05, 3.63) is 200 Å². The Labute approximate surface area is 343 Å². The Bertz CT molecular complexity index is 3820. The Kier molecular flexibility index (Phi) is 6.91. The number of H-pyrrole nitrogens is 1. The van der Waals surface area contributed by atoms with E-state index in [4.69, 9.17) is 0 Å². The monoisotopic (exact) mass is 770 g/mol.